The summed E-state index contributed by atoms with van der Waals surface area (Å²) in [4.78, 5) is 18.2. The monoisotopic (exact) mass is 737 g/mol. The van der Waals surface area contributed by atoms with Crippen LogP contribution < -0.4 is 4.90 Å². The highest BCUT2D eigenvalue weighted by molar-refractivity contribution is 6.09. The minimum Gasteiger partial charge on any atom is -0.338 e. The molecular formula is C52H43N5. The molecule has 10 rings (SSSR count). The smallest absolute Gasteiger partial charge is 0.164 e. The molecule has 2 aliphatic rings. The fourth-order valence-electron chi connectivity index (χ4n) is 8.83. The number of allylic oxidation sites excluding steroid dienone is 3. The molecule has 0 fully saturated rings. The van der Waals surface area contributed by atoms with Gasteiger partial charge in [-0.15, -0.1) is 0 Å². The van der Waals surface area contributed by atoms with Crippen molar-refractivity contribution in [3.05, 3.63) is 187 Å². The molecule has 3 heterocycles. The van der Waals surface area contributed by atoms with Crippen molar-refractivity contribution in [1.82, 2.24) is 19.5 Å². The SMILES string of the molecule is CC/C=C\C1C2=C(C=CCC2)N(c2cc(-c3nc(-c4ccccc4)nc(-c4ccc(-c5ccccc5)cc4)n3)cc(-n3c4ccccc4c4ccccc43)c2)C1C. The maximum atomic E-state index is 5.29. The molecule has 276 valence electrons. The van der Waals surface area contributed by atoms with E-state index >= 15 is 0 Å². The summed E-state index contributed by atoms with van der Waals surface area (Å²) in [6.45, 7) is 4.59. The van der Waals surface area contributed by atoms with E-state index in [1.807, 2.05) is 24.3 Å². The Morgan fingerprint density at radius 2 is 1.11 bits per heavy atom. The highest BCUT2D eigenvalue weighted by atomic mass is 15.2. The minimum absolute atomic E-state index is 0.235. The van der Waals surface area contributed by atoms with Gasteiger partial charge in [-0.2, -0.15) is 0 Å². The number of rotatable bonds is 8. The van der Waals surface area contributed by atoms with Crippen LogP contribution in [0.3, 0.4) is 0 Å². The van der Waals surface area contributed by atoms with Gasteiger partial charge in [0.1, 0.15) is 0 Å². The minimum atomic E-state index is 0.235. The highest BCUT2D eigenvalue weighted by Gasteiger charge is 2.37. The van der Waals surface area contributed by atoms with E-state index in [-0.39, 0.29) is 6.04 Å². The third kappa shape index (κ3) is 6.26. The molecule has 0 amide bonds. The maximum absolute atomic E-state index is 5.29. The number of hydrogen-bond donors (Lipinski definition) is 0. The van der Waals surface area contributed by atoms with Crippen LogP contribution in [-0.2, 0) is 0 Å². The number of nitrogens with zero attached hydrogens (tertiary/aromatic N) is 5. The van der Waals surface area contributed by atoms with Gasteiger partial charge in [0.2, 0.25) is 0 Å². The molecule has 0 bridgehead atoms. The molecular weight excluding hydrogens is 695 g/mol. The lowest BCUT2D eigenvalue weighted by atomic mass is 9.89. The summed E-state index contributed by atoms with van der Waals surface area (Å²) in [6.07, 6.45) is 12.6. The predicted octanol–water partition coefficient (Wildman–Crippen LogP) is 13.0. The lowest BCUT2D eigenvalue weighted by Gasteiger charge is -2.29. The zero-order valence-electron chi connectivity index (χ0n) is 32.3. The van der Waals surface area contributed by atoms with Gasteiger partial charge < -0.3 is 9.47 Å². The Bertz CT molecular complexity index is 2790. The molecule has 0 radical (unpaired) electrons. The third-order valence-electron chi connectivity index (χ3n) is 11.5. The fraction of sp³-hybridized carbons (Fsp3) is 0.135. The van der Waals surface area contributed by atoms with Crippen molar-refractivity contribution in [2.45, 2.75) is 39.2 Å². The second kappa shape index (κ2) is 14.7. The van der Waals surface area contributed by atoms with Crippen molar-refractivity contribution < 1.29 is 0 Å². The number of anilines is 1. The van der Waals surface area contributed by atoms with Crippen molar-refractivity contribution in [3.8, 4) is 51.0 Å². The van der Waals surface area contributed by atoms with Crippen LogP contribution in [-0.4, -0.2) is 25.6 Å². The Hall–Kier alpha value is -6.85. The zero-order chi connectivity index (χ0) is 38.3. The van der Waals surface area contributed by atoms with Crippen molar-refractivity contribution in [3.63, 3.8) is 0 Å². The van der Waals surface area contributed by atoms with Gasteiger partial charge in [-0.1, -0.05) is 146 Å². The predicted molar refractivity (Wildman–Crippen MR) is 236 cm³/mol. The van der Waals surface area contributed by atoms with Crippen LogP contribution >= 0.6 is 0 Å². The molecule has 2 atom stereocenters. The largest absolute Gasteiger partial charge is 0.338 e. The highest BCUT2D eigenvalue weighted by Crippen LogP contribution is 2.45. The fourth-order valence-corrected chi connectivity index (χ4v) is 8.83. The number of fused-ring (bicyclic) bond motifs is 3. The molecule has 2 aromatic heterocycles. The van der Waals surface area contributed by atoms with Gasteiger partial charge in [-0.05, 0) is 79.3 Å². The molecule has 0 spiro atoms. The van der Waals surface area contributed by atoms with Crippen LogP contribution in [0.2, 0.25) is 0 Å². The van der Waals surface area contributed by atoms with Gasteiger partial charge >= 0.3 is 0 Å². The van der Waals surface area contributed by atoms with Crippen LogP contribution in [0.15, 0.2) is 187 Å². The molecule has 1 aliphatic heterocycles. The third-order valence-corrected chi connectivity index (χ3v) is 11.5. The summed E-state index contributed by atoms with van der Waals surface area (Å²) in [5.74, 6) is 2.27. The van der Waals surface area contributed by atoms with E-state index in [1.165, 1.54) is 27.6 Å². The molecule has 0 N–H and O–H groups in total. The first-order chi connectivity index (χ1) is 28.1. The molecule has 57 heavy (non-hydrogen) atoms. The van der Waals surface area contributed by atoms with E-state index in [0.717, 1.165) is 63.9 Å². The lowest BCUT2D eigenvalue weighted by molar-refractivity contribution is 0.614. The van der Waals surface area contributed by atoms with Gasteiger partial charge in [-0.25, -0.2) is 15.0 Å². The van der Waals surface area contributed by atoms with E-state index in [1.54, 1.807) is 0 Å². The average Bonchev–Trinajstić information content (AvgIpc) is 3.77. The summed E-state index contributed by atoms with van der Waals surface area (Å²) < 4.78 is 2.40. The Kier molecular flexibility index (Phi) is 8.91. The summed E-state index contributed by atoms with van der Waals surface area (Å²) in [5, 5.41) is 2.46. The number of para-hydroxylation sites is 2. The van der Waals surface area contributed by atoms with Crippen LogP contribution in [0.5, 0.6) is 0 Å². The number of benzene rings is 6. The average molecular weight is 738 g/mol. The van der Waals surface area contributed by atoms with Crippen molar-refractivity contribution in [2.75, 3.05) is 4.90 Å². The van der Waals surface area contributed by atoms with Gasteiger partial charge in [0, 0.05) is 56.5 Å². The lowest BCUT2D eigenvalue weighted by Crippen LogP contribution is -2.30. The molecule has 5 heteroatoms. The summed E-state index contributed by atoms with van der Waals surface area (Å²) >= 11 is 0. The molecule has 0 saturated carbocycles. The van der Waals surface area contributed by atoms with E-state index in [2.05, 4.69) is 175 Å². The normalized spacial score (nSPS) is 16.6. The summed E-state index contributed by atoms with van der Waals surface area (Å²) in [7, 11) is 0. The maximum Gasteiger partial charge on any atom is 0.164 e. The Labute approximate surface area is 334 Å². The topological polar surface area (TPSA) is 46.8 Å². The second-order valence-electron chi connectivity index (χ2n) is 15.0. The molecule has 2 unspecified atom stereocenters. The Morgan fingerprint density at radius 1 is 0.579 bits per heavy atom. The molecule has 6 aromatic carbocycles. The van der Waals surface area contributed by atoms with Gasteiger partial charge in [0.15, 0.2) is 17.5 Å². The van der Waals surface area contributed by atoms with E-state index in [0.29, 0.717) is 23.4 Å². The van der Waals surface area contributed by atoms with E-state index < -0.39 is 0 Å². The van der Waals surface area contributed by atoms with Gasteiger partial charge in [0.25, 0.3) is 0 Å². The first-order valence-electron chi connectivity index (χ1n) is 20.1. The summed E-state index contributed by atoms with van der Waals surface area (Å²) in [5.41, 5.74) is 12.5. The van der Waals surface area contributed by atoms with E-state index in [9.17, 15) is 0 Å². The standard InChI is InChI=1S/C52H43N5/c1-3-4-21-43-35(2)56(47-25-14-11-22-44(43)47)41-32-40(33-42(34-41)57-48-26-15-12-23-45(48)46-24-13-16-27-49(46)57)52-54-50(38-19-9-6-10-20-38)53-51(55-52)39-30-28-37(29-31-39)36-17-7-5-8-18-36/h4-10,12-21,23-35,43H,3,11,22H2,1-2H3/b21-4-. The molecule has 0 saturated heterocycles. The zero-order valence-corrected chi connectivity index (χ0v) is 32.3. The Balaban J connectivity index is 1.20. The van der Waals surface area contributed by atoms with Crippen LogP contribution in [0, 0.1) is 5.92 Å². The van der Waals surface area contributed by atoms with E-state index in [4.69, 9.17) is 15.0 Å². The molecule has 5 nitrogen and oxygen atoms in total. The quantitative estimate of drug-likeness (QED) is 0.146. The van der Waals surface area contributed by atoms with Crippen molar-refractivity contribution in [1.29, 1.82) is 0 Å². The second-order valence-corrected chi connectivity index (χ2v) is 15.0. The van der Waals surface area contributed by atoms with Crippen LogP contribution in [0.4, 0.5) is 5.69 Å². The van der Waals surface area contributed by atoms with Gasteiger partial charge in [0.05, 0.1) is 11.0 Å². The summed E-state index contributed by atoms with van der Waals surface area (Å²) in [6, 6.07) is 53.8. The molecule has 8 aromatic rings. The first-order valence-corrected chi connectivity index (χ1v) is 20.1. The molecule has 1 aliphatic carbocycles. The van der Waals surface area contributed by atoms with Crippen LogP contribution in [0.1, 0.15) is 33.1 Å². The van der Waals surface area contributed by atoms with Crippen molar-refractivity contribution >= 4 is 27.5 Å². The van der Waals surface area contributed by atoms with Crippen molar-refractivity contribution in [2.24, 2.45) is 5.92 Å². The number of aromatic nitrogens is 4. The number of hydrogen-bond acceptors (Lipinski definition) is 4. The first kappa shape index (κ1) is 34.6. The van der Waals surface area contributed by atoms with Crippen LogP contribution in [0.25, 0.3) is 72.8 Å². The Morgan fingerprint density at radius 3 is 1.75 bits per heavy atom. The van der Waals surface area contributed by atoms with Gasteiger partial charge in [-0.3, -0.25) is 0 Å².